The average Bonchev–Trinajstić information content (AvgIpc) is 3.12. The number of fused-ring (bicyclic) bond motifs is 12. The molecule has 16 rings (SSSR count). The first-order valence-corrected chi connectivity index (χ1v) is 30.5. The lowest BCUT2D eigenvalue weighted by molar-refractivity contribution is 0.426. The molecule has 0 radical (unpaired) electrons. The van der Waals surface area contributed by atoms with Crippen LogP contribution < -0.4 is 5.46 Å². The van der Waals surface area contributed by atoms with E-state index in [0.717, 1.165) is 71.2 Å². The van der Waals surface area contributed by atoms with Crippen molar-refractivity contribution in [2.75, 3.05) is 0 Å². The van der Waals surface area contributed by atoms with Gasteiger partial charge in [0.1, 0.15) is 0 Å². The minimum Gasteiger partial charge on any atom is -0.423 e. The van der Waals surface area contributed by atoms with Crippen LogP contribution >= 0.6 is 38.6 Å². The SMILES string of the molecule is CC1(C)c2ccccc2-c2nc(-c3ccccc3)nc(-c3ccc(-c4cccc5c4sc4ccccc45)cc3)c21.CC1(C)c2ccccc2-c2nc(-c3ccccc3)nc(-c3ccc(Br)cc3)c21.OB(O)c1cccc2c1sc1ccccc12. The van der Waals surface area contributed by atoms with Gasteiger partial charge in [-0.15, -0.1) is 22.7 Å². The molecular formula is C74H54BBrN4O2S2. The predicted octanol–water partition coefficient (Wildman–Crippen LogP) is 18.8. The van der Waals surface area contributed by atoms with Gasteiger partial charge >= 0.3 is 7.12 Å². The van der Waals surface area contributed by atoms with Crippen molar-refractivity contribution in [2.24, 2.45) is 0 Å². The van der Waals surface area contributed by atoms with Gasteiger partial charge < -0.3 is 10.0 Å². The zero-order valence-corrected chi connectivity index (χ0v) is 49.8. The second-order valence-corrected chi connectivity index (χ2v) is 25.4. The summed E-state index contributed by atoms with van der Waals surface area (Å²) in [7, 11) is -1.41. The molecule has 14 aromatic rings. The summed E-state index contributed by atoms with van der Waals surface area (Å²) in [6.07, 6.45) is 0. The van der Waals surface area contributed by atoms with Crippen molar-refractivity contribution < 1.29 is 10.0 Å². The molecule has 0 bridgehead atoms. The number of nitrogens with zero attached hydrogens (tertiary/aromatic N) is 4. The quantitative estimate of drug-likeness (QED) is 0.161. The smallest absolute Gasteiger partial charge is 0.423 e. The summed E-state index contributed by atoms with van der Waals surface area (Å²) < 4.78 is 5.85. The Kier molecular flexibility index (Phi) is 13.6. The predicted molar refractivity (Wildman–Crippen MR) is 356 cm³/mol. The fourth-order valence-corrected chi connectivity index (χ4v) is 15.2. The summed E-state index contributed by atoms with van der Waals surface area (Å²) in [5.74, 6) is 1.53. The van der Waals surface area contributed by atoms with Crippen molar-refractivity contribution in [1.29, 1.82) is 0 Å². The number of hydrogen-bond donors (Lipinski definition) is 2. The highest BCUT2D eigenvalue weighted by Gasteiger charge is 2.41. The minimum atomic E-state index is -1.41. The summed E-state index contributed by atoms with van der Waals surface area (Å²) in [5.41, 5.74) is 18.6. The van der Waals surface area contributed by atoms with Crippen LogP contribution in [0.15, 0.2) is 247 Å². The van der Waals surface area contributed by atoms with Crippen LogP contribution in [-0.4, -0.2) is 37.1 Å². The fraction of sp³-hybridized carbons (Fsp3) is 0.0811. The Hall–Kier alpha value is -8.74. The maximum Gasteiger partial charge on any atom is 0.489 e. The molecule has 4 aromatic heterocycles. The highest BCUT2D eigenvalue weighted by molar-refractivity contribution is 9.10. The molecule has 0 atom stereocenters. The molecule has 404 valence electrons. The van der Waals surface area contributed by atoms with Crippen molar-refractivity contribution >= 4 is 91.5 Å². The molecule has 4 heterocycles. The van der Waals surface area contributed by atoms with E-state index in [9.17, 15) is 10.0 Å². The third-order valence-electron chi connectivity index (χ3n) is 16.5. The number of rotatable bonds is 6. The van der Waals surface area contributed by atoms with E-state index in [2.05, 4.69) is 213 Å². The van der Waals surface area contributed by atoms with Gasteiger partial charge in [-0.05, 0) is 57.4 Å². The largest absolute Gasteiger partial charge is 0.489 e. The monoisotopic (exact) mass is 1180 g/mol. The van der Waals surface area contributed by atoms with Crippen molar-refractivity contribution in [1.82, 2.24) is 19.9 Å². The number of hydrogen-bond acceptors (Lipinski definition) is 8. The van der Waals surface area contributed by atoms with Crippen molar-refractivity contribution in [3.05, 3.63) is 269 Å². The molecule has 0 fully saturated rings. The normalized spacial score (nSPS) is 13.1. The van der Waals surface area contributed by atoms with Crippen LogP contribution in [0.1, 0.15) is 49.9 Å². The van der Waals surface area contributed by atoms with E-state index in [0.29, 0.717) is 5.46 Å². The van der Waals surface area contributed by atoms with Crippen LogP contribution in [0.5, 0.6) is 0 Å². The maximum atomic E-state index is 9.31. The molecule has 10 heteroatoms. The lowest BCUT2D eigenvalue weighted by Crippen LogP contribution is -2.29. The standard InChI is InChI=1S/C37H26N2S.C25H19BrN2.C12H9BO2S/c1-37(2)30-17-8-6-14-29(30)34-32(37)33(38-36(39-34)25-11-4-3-5-12-25)24-21-19-23(20-22-24)26-15-10-16-28-27-13-7-9-18-31(27)40-35(26)28;1-25(2)20-11-7-6-10-19(20)23-21(25)22(16-12-14-18(26)15-13-16)27-24(28-23)17-8-4-3-5-9-17;14-13(15)10-6-3-5-9-8-4-1-2-7-11(8)16-12(9)10/h3-22H,1-2H3;3-15H,1-2H3;1-7,14-15H. The second kappa shape index (κ2) is 21.5. The minimum absolute atomic E-state index is 0.149. The summed E-state index contributed by atoms with van der Waals surface area (Å²) in [6.45, 7) is 9.13. The molecule has 0 saturated heterocycles. The van der Waals surface area contributed by atoms with Gasteiger partial charge in [-0.1, -0.05) is 262 Å². The number of benzene rings is 10. The van der Waals surface area contributed by atoms with Gasteiger partial charge in [0.05, 0.1) is 22.8 Å². The van der Waals surface area contributed by atoms with E-state index in [1.165, 1.54) is 74.8 Å². The zero-order valence-electron chi connectivity index (χ0n) is 46.5. The van der Waals surface area contributed by atoms with Gasteiger partial charge in [0.2, 0.25) is 0 Å². The molecular weight excluding hydrogens is 1130 g/mol. The highest BCUT2D eigenvalue weighted by atomic mass is 79.9. The van der Waals surface area contributed by atoms with Crippen molar-refractivity contribution in [3.63, 3.8) is 0 Å². The first-order valence-electron chi connectivity index (χ1n) is 28.1. The lowest BCUT2D eigenvalue weighted by atomic mass is 9.80. The van der Waals surface area contributed by atoms with Crippen LogP contribution in [0.4, 0.5) is 0 Å². The van der Waals surface area contributed by atoms with Gasteiger partial charge in [0.15, 0.2) is 11.6 Å². The molecule has 84 heavy (non-hydrogen) atoms. The van der Waals surface area contributed by atoms with Crippen molar-refractivity contribution in [2.45, 2.75) is 38.5 Å². The average molecular weight is 1190 g/mol. The summed E-state index contributed by atoms with van der Waals surface area (Å²) in [5, 5.41) is 23.5. The molecule has 2 N–H and O–H groups in total. The van der Waals surface area contributed by atoms with E-state index < -0.39 is 7.12 Å². The molecule has 0 spiro atoms. The van der Waals surface area contributed by atoms with Gasteiger partial charge in [0, 0.05) is 94.8 Å². The van der Waals surface area contributed by atoms with Crippen molar-refractivity contribution in [3.8, 4) is 78.9 Å². The molecule has 0 unspecified atom stereocenters. The fourth-order valence-electron chi connectivity index (χ4n) is 12.4. The molecule has 0 aliphatic heterocycles. The molecule has 2 aliphatic carbocycles. The zero-order chi connectivity index (χ0) is 57.3. The second-order valence-electron chi connectivity index (χ2n) is 22.4. The van der Waals surface area contributed by atoms with Crippen LogP contribution in [0.2, 0.25) is 0 Å². The Morgan fingerprint density at radius 3 is 1.24 bits per heavy atom. The molecule has 2 aliphatic rings. The number of halogens is 1. The Morgan fingerprint density at radius 2 is 0.726 bits per heavy atom. The van der Waals surface area contributed by atoms with E-state index >= 15 is 0 Å². The van der Waals surface area contributed by atoms with Crippen LogP contribution in [0.3, 0.4) is 0 Å². The third-order valence-corrected chi connectivity index (χ3v) is 19.5. The van der Waals surface area contributed by atoms with Gasteiger partial charge in [-0.25, -0.2) is 19.9 Å². The Balaban J connectivity index is 0.000000123. The van der Waals surface area contributed by atoms with Crippen LogP contribution in [0, 0.1) is 0 Å². The first kappa shape index (κ1) is 53.3. The summed E-state index contributed by atoms with van der Waals surface area (Å²) in [6, 6.07) is 84.2. The van der Waals surface area contributed by atoms with E-state index in [4.69, 9.17) is 19.9 Å². The molecule has 10 aromatic carbocycles. The Labute approximate surface area is 504 Å². The Bertz CT molecular complexity index is 4830. The van der Waals surface area contributed by atoms with E-state index in [-0.39, 0.29) is 10.8 Å². The van der Waals surface area contributed by atoms with Gasteiger partial charge in [0.25, 0.3) is 0 Å². The number of aromatic nitrogens is 4. The van der Waals surface area contributed by atoms with E-state index in [1.807, 2.05) is 78.1 Å². The molecule has 6 nitrogen and oxygen atoms in total. The van der Waals surface area contributed by atoms with Gasteiger partial charge in [-0.3, -0.25) is 0 Å². The highest BCUT2D eigenvalue weighted by Crippen LogP contribution is 2.53. The summed E-state index contributed by atoms with van der Waals surface area (Å²) in [4.78, 5) is 20.5. The number of thiophene rings is 2. The van der Waals surface area contributed by atoms with E-state index in [1.54, 1.807) is 17.4 Å². The topological polar surface area (TPSA) is 92.0 Å². The lowest BCUT2D eigenvalue weighted by Gasteiger charge is -2.24. The molecule has 0 saturated carbocycles. The maximum absolute atomic E-state index is 9.31. The Morgan fingerprint density at radius 1 is 0.345 bits per heavy atom. The summed E-state index contributed by atoms with van der Waals surface area (Å²) >= 11 is 7.01. The third kappa shape index (κ3) is 9.26. The van der Waals surface area contributed by atoms with Crippen LogP contribution in [-0.2, 0) is 10.8 Å². The first-order chi connectivity index (χ1) is 40.9. The molecule has 0 amide bonds. The van der Waals surface area contributed by atoms with Crippen LogP contribution in [0.25, 0.3) is 119 Å². The van der Waals surface area contributed by atoms with Gasteiger partial charge in [-0.2, -0.15) is 0 Å².